The summed E-state index contributed by atoms with van der Waals surface area (Å²) in [5, 5.41) is 7.06. The normalized spacial score (nSPS) is 16.1. The molecular formula is C6H18N6. The van der Waals surface area contributed by atoms with Gasteiger partial charge in [0.05, 0.1) is 12.2 Å². The van der Waals surface area contributed by atoms with Crippen molar-refractivity contribution in [3.63, 3.8) is 0 Å². The summed E-state index contributed by atoms with van der Waals surface area (Å²) in [7, 11) is 0. The van der Waals surface area contributed by atoms with E-state index in [0.29, 0.717) is 0 Å². The molecule has 0 aromatic heterocycles. The SMILES string of the molecule is CC(NNC(C)C(N)N)C(=N)N. The van der Waals surface area contributed by atoms with Crippen molar-refractivity contribution >= 4 is 5.84 Å². The summed E-state index contributed by atoms with van der Waals surface area (Å²) < 4.78 is 0. The minimum absolute atomic E-state index is 0.0631. The zero-order valence-electron chi connectivity index (χ0n) is 7.46. The molecule has 2 atom stereocenters. The summed E-state index contributed by atoms with van der Waals surface area (Å²) in [4.78, 5) is 0. The fourth-order valence-corrected chi connectivity index (χ4v) is 0.430. The number of hydrazine groups is 1. The second kappa shape index (κ2) is 5.04. The van der Waals surface area contributed by atoms with E-state index >= 15 is 0 Å². The molecule has 0 heterocycles. The number of nitrogens with two attached hydrogens (primary N) is 3. The van der Waals surface area contributed by atoms with Gasteiger partial charge in [-0.15, -0.1) is 0 Å². The van der Waals surface area contributed by atoms with Gasteiger partial charge in [0.1, 0.15) is 5.84 Å². The lowest BCUT2D eigenvalue weighted by molar-refractivity contribution is 0.390. The molecule has 0 aliphatic heterocycles. The average molecular weight is 174 g/mol. The third-order valence-electron chi connectivity index (χ3n) is 1.57. The average Bonchev–Trinajstić information content (AvgIpc) is 1.98. The molecule has 0 bridgehead atoms. The first kappa shape index (κ1) is 11.3. The fourth-order valence-electron chi connectivity index (χ4n) is 0.430. The first-order valence-electron chi connectivity index (χ1n) is 3.81. The molecule has 72 valence electrons. The predicted molar refractivity (Wildman–Crippen MR) is 49.3 cm³/mol. The second-order valence-electron chi connectivity index (χ2n) is 2.83. The minimum atomic E-state index is -0.434. The van der Waals surface area contributed by atoms with Gasteiger partial charge in [-0.1, -0.05) is 0 Å². The highest BCUT2D eigenvalue weighted by Crippen LogP contribution is 1.81. The largest absolute Gasteiger partial charge is 0.386 e. The van der Waals surface area contributed by atoms with Gasteiger partial charge in [-0.3, -0.25) is 10.8 Å². The van der Waals surface area contributed by atoms with E-state index in [1.807, 2.05) is 6.92 Å². The third-order valence-corrected chi connectivity index (χ3v) is 1.57. The van der Waals surface area contributed by atoms with Crippen LogP contribution in [0.3, 0.4) is 0 Å². The first-order valence-corrected chi connectivity index (χ1v) is 3.81. The van der Waals surface area contributed by atoms with Crippen molar-refractivity contribution in [2.24, 2.45) is 17.2 Å². The Morgan fingerprint density at radius 3 is 2.08 bits per heavy atom. The van der Waals surface area contributed by atoms with Crippen molar-refractivity contribution in [2.45, 2.75) is 32.1 Å². The minimum Gasteiger partial charge on any atom is -0.386 e. The number of hydrogen-bond donors (Lipinski definition) is 6. The fraction of sp³-hybridized carbons (Fsp3) is 0.833. The van der Waals surface area contributed by atoms with Gasteiger partial charge in [-0.2, -0.15) is 0 Å². The van der Waals surface area contributed by atoms with Crippen molar-refractivity contribution in [2.75, 3.05) is 0 Å². The van der Waals surface area contributed by atoms with Crippen LogP contribution in [-0.2, 0) is 0 Å². The smallest absolute Gasteiger partial charge is 0.109 e. The Morgan fingerprint density at radius 1 is 1.25 bits per heavy atom. The van der Waals surface area contributed by atoms with E-state index in [0.717, 1.165) is 0 Å². The van der Waals surface area contributed by atoms with E-state index in [1.54, 1.807) is 6.92 Å². The molecule has 0 spiro atoms. The molecule has 6 heteroatoms. The molecule has 0 rings (SSSR count). The molecule has 9 N–H and O–H groups in total. The van der Waals surface area contributed by atoms with Gasteiger partial charge in [-0.25, -0.2) is 5.43 Å². The van der Waals surface area contributed by atoms with Crippen LogP contribution in [0.15, 0.2) is 0 Å². The van der Waals surface area contributed by atoms with Crippen LogP contribution in [0.25, 0.3) is 0 Å². The Morgan fingerprint density at radius 2 is 1.75 bits per heavy atom. The standard InChI is InChI=1S/C6H18N6/c1-3(5(7)8)11-12-4(2)6(9)10/h3-5,11-12H,7-8H2,1-2H3,(H3,9,10). The zero-order chi connectivity index (χ0) is 9.72. The molecule has 2 unspecified atom stereocenters. The summed E-state index contributed by atoms with van der Waals surface area (Å²) in [5.41, 5.74) is 21.6. The highest BCUT2D eigenvalue weighted by atomic mass is 15.4. The van der Waals surface area contributed by atoms with Crippen LogP contribution in [0.4, 0.5) is 0 Å². The van der Waals surface area contributed by atoms with E-state index in [9.17, 15) is 0 Å². The molecule has 0 radical (unpaired) electrons. The van der Waals surface area contributed by atoms with Gasteiger partial charge in [0.25, 0.3) is 0 Å². The second-order valence-corrected chi connectivity index (χ2v) is 2.83. The topological polar surface area (TPSA) is 126 Å². The summed E-state index contributed by atoms with van der Waals surface area (Å²) >= 11 is 0. The van der Waals surface area contributed by atoms with Gasteiger partial charge in [0, 0.05) is 6.04 Å². The molecule has 0 fully saturated rings. The van der Waals surface area contributed by atoms with Crippen LogP contribution in [0, 0.1) is 5.41 Å². The van der Waals surface area contributed by atoms with Crippen LogP contribution in [0.2, 0.25) is 0 Å². The van der Waals surface area contributed by atoms with E-state index < -0.39 is 6.17 Å². The maximum Gasteiger partial charge on any atom is 0.109 e. The van der Waals surface area contributed by atoms with Crippen molar-refractivity contribution < 1.29 is 0 Å². The molecule has 0 saturated heterocycles. The number of amidine groups is 1. The summed E-state index contributed by atoms with van der Waals surface area (Å²) in [6.45, 7) is 3.61. The van der Waals surface area contributed by atoms with E-state index in [-0.39, 0.29) is 17.9 Å². The number of hydrogen-bond acceptors (Lipinski definition) is 5. The monoisotopic (exact) mass is 174 g/mol. The van der Waals surface area contributed by atoms with Crippen molar-refractivity contribution in [3.8, 4) is 0 Å². The Bertz CT molecular complexity index is 145. The van der Waals surface area contributed by atoms with Gasteiger partial charge >= 0.3 is 0 Å². The van der Waals surface area contributed by atoms with Gasteiger partial charge in [0.2, 0.25) is 0 Å². The Balaban J connectivity index is 3.61. The first-order chi connectivity index (χ1) is 5.45. The molecule has 12 heavy (non-hydrogen) atoms. The molecule has 6 nitrogen and oxygen atoms in total. The Hall–Kier alpha value is -0.690. The maximum atomic E-state index is 7.06. The van der Waals surface area contributed by atoms with Crippen LogP contribution < -0.4 is 28.1 Å². The third kappa shape index (κ3) is 4.24. The van der Waals surface area contributed by atoms with Crippen molar-refractivity contribution in [1.82, 2.24) is 10.9 Å². The summed E-state index contributed by atoms with van der Waals surface area (Å²) in [6, 6.07) is -0.280. The lowest BCUT2D eigenvalue weighted by atomic mass is 10.3. The maximum absolute atomic E-state index is 7.06. The summed E-state index contributed by atoms with van der Waals surface area (Å²) in [6.07, 6.45) is -0.434. The molecule has 0 aromatic rings. The van der Waals surface area contributed by atoms with E-state index in [4.69, 9.17) is 22.6 Å². The Kier molecular flexibility index (Phi) is 4.75. The van der Waals surface area contributed by atoms with E-state index in [2.05, 4.69) is 10.9 Å². The van der Waals surface area contributed by atoms with Crippen LogP contribution in [0.5, 0.6) is 0 Å². The molecule has 0 amide bonds. The van der Waals surface area contributed by atoms with Crippen LogP contribution in [-0.4, -0.2) is 24.1 Å². The van der Waals surface area contributed by atoms with Crippen molar-refractivity contribution in [3.05, 3.63) is 0 Å². The van der Waals surface area contributed by atoms with Gasteiger partial charge < -0.3 is 17.2 Å². The Labute approximate surface area is 72.3 Å². The highest BCUT2D eigenvalue weighted by molar-refractivity contribution is 5.82. The zero-order valence-corrected chi connectivity index (χ0v) is 7.46. The molecule has 0 aliphatic rings. The van der Waals surface area contributed by atoms with Crippen molar-refractivity contribution in [1.29, 1.82) is 5.41 Å². The molecular weight excluding hydrogens is 156 g/mol. The van der Waals surface area contributed by atoms with Gasteiger partial charge in [0.15, 0.2) is 0 Å². The molecule has 0 saturated carbocycles. The lowest BCUT2D eigenvalue weighted by Crippen LogP contribution is -2.57. The highest BCUT2D eigenvalue weighted by Gasteiger charge is 2.09. The number of nitrogens with one attached hydrogen (secondary N) is 3. The molecule has 0 aliphatic carbocycles. The van der Waals surface area contributed by atoms with Gasteiger partial charge in [-0.05, 0) is 13.8 Å². The van der Waals surface area contributed by atoms with Crippen LogP contribution >= 0.6 is 0 Å². The molecule has 0 aromatic carbocycles. The quantitative estimate of drug-likeness (QED) is 0.125. The van der Waals surface area contributed by atoms with Crippen LogP contribution in [0.1, 0.15) is 13.8 Å². The number of rotatable bonds is 5. The van der Waals surface area contributed by atoms with E-state index in [1.165, 1.54) is 0 Å². The lowest BCUT2D eigenvalue weighted by Gasteiger charge is -2.20. The summed E-state index contributed by atoms with van der Waals surface area (Å²) in [5.74, 6) is 0.0697. The predicted octanol–water partition coefficient (Wildman–Crippen LogP) is -1.96.